The van der Waals surface area contributed by atoms with Gasteiger partial charge in [-0.2, -0.15) is 5.10 Å². The van der Waals surface area contributed by atoms with Crippen molar-refractivity contribution in [2.75, 3.05) is 27.9 Å². The van der Waals surface area contributed by atoms with Gasteiger partial charge in [-0.25, -0.2) is 4.52 Å². The van der Waals surface area contributed by atoms with Gasteiger partial charge in [0.2, 0.25) is 5.91 Å². The van der Waals surface area contributed by atoms with Crippen LogP contribution >= 0.6 is 0 Å². The van der Waals surface area contributed by atoms with E-state index in [-0.39, 0.29) is 18.0 Å². The van der Waals surface area contributed by atoms with E-state index in [9.17, 15) is 9.59 Å². The number of ether oxygens (including phenoxy) is 3. The Balaban J connectivity index is 1.41. The lowest BCUT2D eigenvalue weighted by Crippen LogP contribution is -2.33. The Hall–Kier alpha value is -4.27. The number of aromatic nitrogens is 3. The summed E-state index contributed by atoms with van der Waals surface area (Å²) < 4.78 is 18.6. The van der Waals surface area contributed by atoms with Crippen LogP contribution in [0.15, 0.2) is 65.7 Å². The Kier molecular flexibility index (Phi) is 6.82. The van der Waals surface area contributed by atoms with Crippen LogP contribution in [0.2, 0.25) is 0 Å². The van der Waals surface area contributed by atoms with Crippen molar-refractivity contribution in [2.45, 2.75) is 13.0 Å². The number of nitrogens with one attached hydrogen (secondary N) is 1. The fraction of sp³-hybridized carbons (Fsp3) is 0.240. The maximum absolute atomic E-state index is 12.9. The van der Waals surface area contributed by atoms with E-state index >= 15 is 0 Å². The highest BCUT2D eigenvalue weighted by molar-refractivity contribution is 5.76. The second kappa shape index (κ2) is 10.1. The molecule has 4 aromatic rings. The Bertz CT molecular complexity index is 1360. The lowest BCUT2D eigenvalue weighted by molar-refractivity contribution is -0.121. The topological polar surface area (TPSA) is 96.1 Å². The van der Waals surface area contributed by atoms with Crippen LogP contribution in [0.3, 0.4) is 0 Å². The molecule has 0 saturated carbocycles. The summed E-state index contributed by atoms with van der Waals surface area (Å²) in [6.45, 7) is 0.351. The summed E-state index contributed by atoms with van der Waals surface area (Å²) in [6, 6.07) is 14.8. The van der Waals surface area contributed by atoms with E-state index in [1.807, 2.05) is 42.5 Å². The van der Waals surface area contributed by atoms with Gasteiger partial charge in [0.1, 0.15) is 17.8 Å². The van der Waals surface area contributed by atoms with E-state index in [1.165, 1.54) is 9.08 Å². The summed E-state index contributed by atoms with van der Waals surface area (Å²) in [5.74, 6) is 1.79. The Labute approximate surface area is 196 Å². The number of benzene rings is 2. The first-order chi connectivity index (χ1) is 16.5. The highest BCUT2D eigenvalue weighted by Crippen LogP contribution is 2.27. The summed E-state index contributed by atoms with van der Waals surface area (Å²) in [6.07, 6.45) is 3.85. The molecule has 0 bridgehead atoms. The number of nitrogens with zero attached hydrogens (tertiary/aromatic N) is 3. The number of hydrogen-bond acceptors (Lipinski definition) is 6. The van der Waals surface area contributed by atoms with Gasteiger partial charge in [0.05, 0.1) is 27.0 Å². The van der Waals surface area contributed by atoms with Crippen LogP contribution in [-0.2, 0) is 17.8 Å². The van der Waals surface area contributed by atoms with E-state index in [1.54, 1.807) is 39.8 Å². The third-order valence-electron chi connectivity index (χ3n) is 5.49. The van der Waals surface area contributed by atoms with Gasteiger partial charge in [-0.15, -0.1) is 0 Å². The minimum absolute atomic E-state index is 0.0791. The summed E-state index contributed by atoms with van der Waals surface area (Å²) >= 11 is 0. The van der Waals surface area contributed by atoms with E-state index in [0.29, 0.717) is 35.7 Å². The van der Waals surface area contributed by atoms with Crippen molar-refractivity contribution >= 4 is 11.4 Å². The molecule has 9 heteroatoms. The molecule has 2 aromatic carbocycles. The SMILES string of the molecule is COc1ccc(-c2cc3c(=O)n(CC(=O)NCCc4ccc(OC)c(OC)c4)ccn3n2)cc1. The van der Waals surface area contributed by atoms with E-state index in [4.69, 9.17) is 14.2 Å². The maximum Gasteiger partial charge on any atom is 0.277 e. The standard InChI is InChI=1S/C25H26N4O5/c1-32-19-7-5-18(6-8-19)20-15-21-25(31)28(12-13-29(21)27-20)16-24(30)26-11-10-17-4-9-22(33-2)23(14-17)34-3/h4-9,12-15H,10-11,16H2,1-3H3,(H,26,30). The molecule has 34 heavy (non-hydrogen) atoms. The van der Waals surface area contributed by atoms with Crippen LogP contribution in [0.5, 0.6) is 17.2 Å². The molecule has 1 amide bonds. The van der Waals surface area contributed by atoms with Crippen molar-refractivity contribution in [1.29, 1.82) is 0 Å². The molecule has 2 heterocycles. The van der Waals surface area contributed by atoms with E-state index in [2.05, 4.69) is 10.4 Å². The molecule has 0 atom stereocenters. The second-order valence-electron chi connectivity index (χ2n) is 7.61. The number of methoxy groups -OCH3 is 3. The summed E-state index contributed by atoms with van der Waals surface area (Å²) in [5.41, 5.74) is 2.64. The Morgan fingerprint density at radius 1 is 0.941 bits per heavy atom. The lowest BCUT2D eigenvalue weighted by Gasteiger charge is -2.10. The molecule has 0 spiro atoms. The molecular formula is C25H26N4O5. The van der Waals surface area contributed by atoms with Crippen LogP contribution in [0.1, 0.15) is 5.56 Å². The zero-order valence-electron chi connectivity index (χ0n) is 19.3. The smallest absolute Gasteiger partial charge is 0.277 e. The number of hydrogen-bond donors (Lipinski definition) is 1. The van der Waals surface area contributed by atoms with Gasteiger partial charge in [0.15, 0.2) is 11.5 Å². The molecule has 4 rings (SSSR count). The molecule has 0 saturated heterocycles. The first kappa shape index (κ1) is 22.9. The highest BCUT2D eigenvalue weighted by Gasteiger charge is 2.12. The van der Waals surface area contributed by atoms with Crippen molar-refractivity contribution < 1.29 is 19.0 Å². The summed E-state index contributed by atoms with van der Waals surface area (Å²) in [5, 5.41) is 7.33. The molecule has 0 aliphatic heterocycles. The predicted molar refractivity (Wildman–Crippen MR) is 128 cm³/mol. The zero-order chi connectivity index (χ0) is 24.1. The first-order valence-corrected chi connectivity index (χ1v) is 10.7. The van der Waals surface area contributed by atoms with Gasteiger partial charge >= 0.3 is 0 Å². The molecule has 0 aliphatic carbocycles. The zero-order valence-corrected chi connectivity index (χ0v) is 19.3. The molecule has 9 nitrogen and oxygen atoms in total. The Morgan fingerprint density at radius 2 is 1.71 bits per heavy atom. The van der Waals surface area contributed by atoms with Crippen LogP contribution in [0, 0.1) is 0 Å². The van der Waals surface area contributed by atoms with Crippen molar-refractivity contribution in [1.82, 2.24) is 19.5 Å². The fourth-order valence-electron chi connectivity index (χ4n) is 3.65. The van der Waals surface area contributed by atoms with Gasteiger partial charge < -0.3 is 24.1 Å². The third kappa shape index (κ3) is 4.88. The second-order valence-corrected chi connectivity index (χ2v) is 7.61. The summed E-state index contributed by atoms with van der Waals surface area (Å²) in [4.78, 5) is 25.4. The summed E-state index contributed by atoms with van der Waals surface area (Å²) in [7, 11) is 4.77. The van der Waals surface area contributed by atoms with E-state index in [0.717, 1.165) is 16.9 Å². The van der Waals surface area contributed by atoms with Gasteiger partial charge in [-0.1, -0.05) is 6.07 Å². The maximum atomic E-state index is 12.9. The molecule has 0 aliphatic rings. The number of carbonyl (C=O) groups excluding carboxylic acids is 1. The molecule has 1 N–H and O–H groups in total. The van der Waals surface area contributed by atoms with Gasteiger partial charge in [0.25, 0.3) is 5.56 Å². The molecule has 0 unspecified atom stereocenters. The molecule has 2 aromatic heterocycles. The van der Waals surface area contributed by atoms with Crippen molar-refractivity contribution in [3.8, 4) is 28.5 Å². The van der Waals surface area contributed by atoms with Crippen molar-refractivity contribution in [3.63, 3.8) is 0 Å². The fourth-order valence-corrected chi connectivity index (χ4v) is 3.65. The third-order valence-corrected chi connectivity index (χ3v) is 5.49. The normalized spacial score (nSPS) is 10.8. The Morgan fingerprint density at radius 3 is 2.41 bits per heavy atom. The van der Waals surface area contributed by atoms with Crippen LogP contribution < -0.4 is 25.1 Å². The largest absolute Gasteiger partial charge is 0.497 e. The minimum Gasteiger partial charge on any atom is -0.497 e. The molecular weight excluding hydrogens is 436 g/mol. The van der Waals surface area contributed by atoms with Crippen LogP contribution in [-0.4, -0.2) is 48.0 Å². The minimum atomic E-state index is -0.287. The lowest BCUT2D eigenvalue weighted by atomic mass is 10.1. The first-order valence-electron chi connectivity index (χ1n) is 10.7. The average molecular weight is 463 g/mol. The number of amides is 1. The van der Waals surface area contributed by atoms with E-state index < -0.39 is 0 Å². The van der Waals surface area contributed by atoms with Crippen LogP contribution in [0.4, 0.5) is 0 Å². The molecule has 176 valence electrons. The highest BCUT2D eigenvalue weighted by atomic mass is 16.5. The average Bonchev–Trinajstić information content (AvgIpc) is 3.31. The number of fused-ring (bicyclic) bond motifs is 1. The van der Waals surface area contributed by atoms with Crippen molar-refractivity contribution in [2.24, 2.45) is 0 Å². The van der Waals surface area contributed by atoms with Crippen LogP contribution in [0.25, 0.3) is 16.8 Å². The van der Waals surface area contributed by atoms with Gasteiger partial charge in [0, 0.05) is 24.5 Å². The quantitative estimate of drug-likeness (QED) is 0.411. The predicted octanol–water partition coefficient (Wildman–Crippen LogP) is 2.55. The van der Waals surface area contributed by atoms with Crippen molar-refractivity contribution in [3.05, 3.63) is 76.8 Å². The molecule has 0 radical (unpaired) electrons. The van der Waals surface area contributed by atoms with Gasteiger partial charge in [-0.05, 0) is 54.4 Å². The molecule has 0 fully saturated rings. The van der Waals surface area contributed by atoms with Gasteiger partial charge in [-0.3, -0.25) is 9.59 Å². The number of carbonyl (C=O) groups is 1. The monoisotopic (exact) mass is 462 g/mol. The number of rotatable bonds is 9.